The molecule has 0 unspecified atom stereocenters. The molecule has 0 saturated carbocycles. The first kappa shape index (κ1) is 14.1. The molecule has 21 heavy (non-hydrogen) atoms. The minimum Gasteiger partial charge on any atom is -0.369 e. The fourth-order valence-electron chi connectivity index (χ4n) is 2.80. The van der Waals surface area contributed by atoms with E-state index < -0.39 is 0 Å². The highest BCUT2D eigenvalue weighted by Gasteiger charge is 2.16. The molecule has 1 saturated heterocycles. The van der Waals surface area contributed by atoms with Crippen LogP contribution in [0.2, 0.25) is 0 Å². The van der Waals surface area contributed by atoms with E-state index in [1.54, 1.807) is 0 Å². The second-order valence-electron chi connectivity index (χ2n) is 5.56. The Labute approximate surface area is 126 Å². The van der Waals surface area contributed by atoms with Gasteiger partial charge in [-0.1, -0.05) is 42.5 Å². The number of hydrogen-bond acceptors (Lipinski definition) is 2. The lowest BCUT2D eigenvalue weighted by Crippen LogP contribution is -2.45. The molecule has 3 rings (SSSR count). The minimum atomic E-state index is -0.129. The Morgan fingerprint density at radius 1 is 0.762 bits per heavy atom. The molecule has 0 spiro atoms. The number of para-hydroxylation sites is 1. The Morgan fingerprint density at radius 3 is 2.00 bits per heavy atom. The maximum atomic E-state index is 10.8. The summed E-state index contributed by atoms with van der Waals surface area (Å²) in [6.45, 7) is 5.15. The van der Waals surface area contributed by atoms with Crippen LogP contribution in [0.25, 0.3) is 0 Å². The molecule has 0 N–H and O–H groups in total. The van der Waals surface area contributed by atoms with E-state index in [0.29, 0.717) is 0 Å². The maximum absolute atomic E-state index is 10.8. The average Bonchev–Trinajstić information content (AvgIpc) is 2.57. The molecule has 2 aromatic carbocycles. The number of rotatable bonds is 4. The smallest absolute Gasteiger partial charge is 0.107 e. The Bertz CT molecular complexity index is 545. The van der Waals surface area contributed by atoms with Crippen LogP contribution in [0.3, 0.4) is 0 Å². The fraction of sp³-hybridized carbons (Fsp3) is 0.333. The van der Waals surface area contributed by atoms with Crippen LogP contribution in [0.1, 0.15) is 11.1 Å². The van der Waals surface area contributed by atoms with Crippen molar-refractivity contribution in [2.75, 3.05) is 31.1 Å². The summed E-state index contributed by atoms with van der Waals surface area (Å²) in [7, 11) is 0. The first-order valence-corrected chi connectivity index (χ1v) is 7.53. The van der Waals surface area contributed by atoms with Gasteiger partial charge in [0.1, 0.15) is 6.61 Å². The van der Waals surface area contributed by atoms with Gasteiger partial charge < -0.3 is 4.90 Å². The highest BCUT2D eigenvalue weighted by Crippen LogP contribution is 2.17. The summed E-state index contributed by atoms with van der Waals surface area (Å²) in [5, 5.41) is 10.8. The zero-order chi connectivity index (χ0) is 14.5. The van der Waals surface area contributed by atoms with Gasteiger partial charge in [0.05, 0.1) is 0 Å². The number of piperazine rings is 1. The number of anilines is 1. The van der Waals surface area contributed by atoms with Crippen LogP contribution in [0.4, 0.5) is 5.69 Å². The van der Waals surface area contributed by atoms with Crippen LogP contribution in [0, 0.1) is 0 Å². The predicted octanol–water partition coefficient (Wildman–Crippen LogP) is 2.94. The molecule has 0 bridgehead atoms. The number of benzene rings is 2. The minimum absolute atomic E-state index is 0.129. The van der Waals surface area contributed by atoms with Crippen molar-refractivity contribution in [3.05, 3.63) is 65.7 Å². The second kappa shape index (κ2) is 6.74. The predicted molar refractivity (Wildman–Crippen MR) is 84.8 cm³/mol. The molecule has 1 heterocycles. The SMILES string of the molecule is [O]Cc1ccc(CN2CCN(c3ccccc3)CC2)cc1. The molecule has 1 fully saturated rings. The van der Waals surface area contributed by atoms with Crippen molar-refractivity contribution >= 4 is 5.69 Å². The highest BCUT2D eigenvalue weighted by molar-refractivity contribution is 5.46. The molecule has 1 aliphatic rings. The standard InChI is InChI=1S/C18H21N2O/c21-15-17-8-6-16(7-9-17)14-19-10-12-20(13-11-19)18-4-2-1-3-5-18/h1-9H,10-15H2. The van der Waals surface area contributed by atoms with E-state index in [1.165, 1.54) is 11.3 Å². The molecule has 1 radical (unpaired) electrons. The summed E-state index contributed by atoms with van der Waals surface area (Å²) in [5.74, 6) is 0. The van der Waals surface area contributed by atoms with E-state index in [-0.39, 0.29) is 6.61 Å². The van der Waals surface area contributed by atoms with Crippen molar-refractivity contribution < 1.29 is 5.11 Å². The topological polar surface area (TPSA) is 26.4 Å². The molecule has 0 atom stereocenters. The lowest BCUT2D eigenvalue weighted by Gasteiger charge is -2.36. The van der Waals surface area contributed by atoms with Crippen LogP contribution in [0.15, 0.2) is 54.6 Å². The molecule has 3 nitrogen and oxygen atoms in total. The van der Waals surface area contributed by atoms with E-state index in [2.05, 4.69) is 52.3 Å². The highest BCUT2D eigenvalue weighted by atomic mass is 16.3. The summed E-state index contributed by atoms with van der Waals surface area (Å²) >= 11 is 0. The van der Waals surface area contributed by atoms with Gasteiger partial charge in [-0.15, -0.1) is 0 Å². The Balaban J connectivity index is 1.53. The van der Waals surface area contributed by atoms with Crippen LogP contribution in [0.5, 0.6) is 0 Å². The quantitative estimate of drug-likeness (QED) is 0.861. The normalized spacial score (nSPS) is 16.1. The molecule has 3 heteroatoms. The second-order valence-corrected chi connectivity index (χ2v) is 5.56. The Kier molecular flexibility index (Phi) is 4.53. The summed E-state index contributed by atoms with van der Waals surface area (Å²) in [5.41, 5.74) is 3.48. The van der Waals surface area contributed by atoms with Gasteiger partial charge in [-0.25, -0.2) is 5.11 Å². The third-order valence-electron chi connectivity index (χ3n) is 4.09. The van der Waals surface area contributed by atoms with Gasteiger partial charge >= 0.3 is 0 Å². The molecular formula is C18H21N2O. The third kappa shape index (κ3) is 3.63. The van der Waals surface area contributed by atoms with Crippen molar-refractivity contribution in [1.29, 1.82) is 0 Å². The van der Waals surface area contributed by atoms with Gasteiger partial charge in [-0.05, 0) is 23.3 Å². The van der Waals surface area contributed by atoms with Crippen molar-refractivity contribution in [2.24, 2.45) is 0 Å². The van der Waals surface area contributed by atoms with E-state index in [9.17, 15) is 5.11 Å². The molecule has 0 aliphatic carbocycles. The van der Waals surface area contributed by atoms with E-state index in [1.807, 2.05) is 12.1 Å². The monoisotopic (exact) mass is 281 g/mol. The molecule has 2 aromatic rings. The molecule has 1 aliphatic heterocycles. The third-order valence-corrected chi connectivity index (χ3v) is 4.09. The molecular weight excluding hydrogens is 260 g/mol. The van der Waals surface area contributed by atoms with Gasteiger partial charge in [-0.2, -0.15) is 0 Å². The largest absolute Gasteiger partial charge is 0.369 e. The summed E-state index contributed by atoms with van der Waals surface area (Å²) in [6.07, 6.45) is 0. The van der Waals surface area contributed by atoms with E-state index in [4.69, 9.17) is 0 Å². The molecule has 109 valence electrons. The van der Waals surface area contributed by atoms with Gasteiger partial charge in [-0.3, -0.25) is 4.90 Å². The van der Waals surface area contributed by atoms with Gasteiger partial charge in [0, 0.05) is 38.4 Å². The van der Waals surface area contributed by atoms with Gasteiger partial charge in [0.15, 0.2) is 0 Å². The lowest BCUT2D eigenvalue weighted by atomic mass is 10.1. The van der Waals surface area contributed by atoms with E-state index in [0.717, 1.165) is 38.3 Å². The van der Waals surface area contributed by atoms with Crippen LogP contribution in [-0.4, -0.2) is 31.1 Å². The van der Waals surface area contributed by atoms with Gasteiger partial charge in [0.2, 0.25) is 0 Å². The van der Waals surface area contributed by atoms with Crippen LogP contribution >= 0.6 is 0 Å². The zero-order valence-electron chi connectivity index (χ0n) is 12.2. The van der Waals surface area contributed by atoms with Crippen molar-refractivity contribution in [2.45, 2.75) is 13.2 Å². The first-order valence-electron chi connectivity index (χ1n) is 7.53. The zero-order valence-corrected chi connectivity index (χ0v) is 12.2. The number of hydrogen-bond donors (Lipinski definition) is 0. The van der Waals surface area contributed by atoms with E-state index >= 15 is 0 Å². The number of nitrogens with zero attached hydrogens (tertiary/aromatic N) is 2. The first-order chi connectivity index (χ1) is 10.3. The van der Waals surface area contributed by atoms with Crippen molar-refractivity contribution in [3.63, 3.8) is 0 Å². The molecule has 0 aromatic heterocycles. The van der Waals surface area contributed by atoms with Crippen LogP contribution < -0.4 is 4.90 Å². The fourth-order valence-corrected chi connectivity index (χ4v) is 2.80. The Hall–Kier alpha value is -1.84. The summed E-state index contributed by atoms with van der Waals surface area (Å²) < 4.78 is 0. The van der Waals surface area contributed by atoms with Crippen molar-refractivity contribution in [1.82, 2.24) is 4.90 Å². The Morgan fingerprint density at radius 2 is 1.38 bits per heavy atom. The lowest BCUT2D eigenvalue weighted by molar-refractivity contribution is 0.177. The van der Waals surface area contributed by atoms with Crippen LogP contribution in [-0.2, 0) is 18.3 Å². The molecule has 0 amide bonds. The van der Waals surface area contributed by atoms with Crippen molar-refractivity contribution in [3.8, 4) is 0 Å². The summed E-state index contributed by atoms with van der Waals surface area (Å²) in [6, 6.07) is 18.7. The van der Waals surface area contributed by atoms with Gasteiger partial charge in [0.25, 0.3) is 0 Å². The maximum Gasteiger partial charge on any atom is 0.107 e. The average molecular weight is 281 g/mol. The summed E-state index contributed by atoms with van der Waals surface area (Å²) in [4.78, 5) is 4.92.